The van der Waals surface area contributed by atoms with E-state index in [9.17, 15) is 0 Å². The van der Waals surface area contributed by atoms with Gasteiger partial charge in [0.05, 0.1) is 24.9 Å². The van der Waals surface area contributed by atoms with Crippen molar-refractivity contribution in [1.82, 2.24) is 14.9 Å². The third kappa shape index (κ3) is 3.55. The topological polar surface area (TPSA) is 50.7 Å². The van der Waals surface area contributed by atoms with E-state index in [2.05, 4.69) is 19.8 Å². The number of hydrogen-bond acceptors (Lipinski definition) is 6. The molecule has 2 aromatic heterocycles. The molecule has 3 heterocycles. The first-order chi connectivity index (χ1) is 11.7. The second-order valence-corrected chi connectivity index (χ2v) is 5.99. The molecule has 3 rings (SSSR count). The van der Waals surface area contributed by atoms with E-state index < -0.39 is 0 Å². The van der Waals surface area contributed by atoms with Crippen molar-refractivity contribution in [1.29, 1.82) is 0 Å². The summed E-state index contributed by atoms with van der Waals surface area (Å²) in [6.07, 6.45) is 5.22. The molecule has 1 aliphatic rings. The molecule has 0 amide bonds. The van der Waals surface area contributed by atoms with E-state index in [1.54, 1.807) is 32.8 Å². The first-order valence-electron chi connectivity index (χ1n) is 7.85. The van der Waals surface area contributed by atoms with E-state index in [0.29, 0.717) is 16.5 Å². The van der Waals surface area contributed by atoms with E-state index in [1.165, 1.54) is 0 Å². The van der Waals surface area contributed by atoms with Gasteiger partial charge in [-0.2, -0.15) is 0 Å². The standard InChI is InChI=1S/C17H21ClN4O2/c1-23-16-4-6-20-14(17(16)24-2)12-21-7-9-22(10-8-21)15-3-5-19-11-13(15)18/h3-6,11H,7-10,12H2,1-2H3. The van der Waals surface area contributed by atoms with E-state index in [0.717, 1.165) is 44.1 Å². The number of piperazine rings is 1. The number of nitrogens with zero attached hydrogens (tertiary/aromatic N) is 4. The van der Waals surface area contributed by atoms with Crippen LogP contribution in [-0.4, -0.2) is 55.3 Å². The van der Waals surface area contributed by atoms with Gasteiger partial charge in [-0.15, -0.1) is 0 Å². The lowest BCUT2D eigenvalue weighted by Gasteiger charge is -2.36. The first kappa shape index (κ1) is 16.8. The second kappa shape index (κ2) is 7.68. The van der Waals surface area contributed by atoms with Crippen molar-refractivity contribution < 1.29 is 9.47 Å². The molecule has 0 saturated carbocycles. The Labute approximate surface area is 147 Å². The van der Waals surface area contributed by atoms with Crippen molar-refractivity contribution in [3.05, 3.63) is 41.4 Å². The van der Waals surface area contributed by atoms with Crippen molar-refractivity contribution in [2.45, 2.75) is 6.54 Å². The Morgan fingerprint density at radius 2 is 1.88 bits per heavy atom. The summed E-state index contributed by atoms with van der Waals surface area (Å²) in [6.45, 7) is 4.42. The predicted molar refractivity (Wildman–Crippen MR) is 94.1 cm³/mol. The Bertz CT molecular complexity index is 690. The van der Waals surface area contributed by atoms with Gasteiger partial charge < -0.3 is 14.4 Å². The monoisotopic (exact) mass is 348 g/mol. The highest BCUT2D eigenvalue weighted by atomic mass is 35.5. The lowest BCUT2D eigenvalue weighted by Crippen LogP contribution is -2.46. The highest BCUT2D eigenvalue weighted by Crippen LogP contribution is 2.30. The first-order valence-corrected chi connectivity index (χ1v) is 8.23. The van der Waals surface area contributed by atoms with Crippen molar-refractivity contribution in [2.24, 2.45) is 0 Å². The Balaban J connectivity index is 1.65. The van der Waals surface area contributed by atoms with Crippen LogP contribution in [0.5, 0.6) is 11.5 Å². The minimum Gasteiger partial charge on any atom is -0.493 e. The summed E-state index contributed by atoms with van der Waals surface area (Å²) in [6, 6.07) is 3.77. The average Bonchev–Trinajstić information content (AvgIpc) is 2.62. The lowest BCUT2D eigenvalue weighted by molar-refractivity contribution is 0.241. The van der Waals surface area contributed by atoms with Gasteiger partial charge in [0.15, 0.2) is 11.5 Å². The Morgan fingerprint density at radius 1 is 1.08 bits per heavy atom. The summed E-state index contributed by atoms with van der Waals surface area (Å²) >= 11 is 6.24. The molecule has 0 radical (unpaired) electrons. The highest BCUT2D eigenvalue weighted by Gasteiger charge is 2.21. The molecule has 2 aromatic rings. The number of anilines is 1. The molecular formula is C17H21ClN4O2. The number of ether oxygens (including phenoxy) is 2. The SMILES string of the molecule is COc1ccnc(CN2CCN(c3ccncc3Cl)CC2)c1OC. The highest BCUT2D eigenvalue weighted by molar-refractivity contribution is 6.33. The van der Waals surface area contributed by atoms with Gasteiger partial charge in [-0.25, -0.2) is 0 Å². The van der Waals surface area contributed by atoms with Gasteiger partial charge in [0.25, 0.3) is 0 Å². The minimum absolute atomic E-state index is 0.696. The number of pyridine rings is 2. The predicted octanol–water partition coefficient (Wildman–Crippen LogP) is 2.47. The molecule has 0 N–H and O–H groups in total. The Kier molecular flexibility index (Phi) is 5.37. The number of methoxy groups -OCH3 is 2. The van der Waals surface area contributed by atoms with Crippen LogP contribution in [0.2, 0.25) is 5.02 Å². The normalized spacial score (nSPS) is 15.4. The third-order valence-electron chi connectivity index (χ3n) is 4.20. The summed E-state index contributed by atoms with van der Waals surface area (Å²) in [5, 5.41) is 0.696. The number of aromatic nitrogens is 2. The zero-order chi connectivity index (χ0) is 16.9. The molecule has 128 valence electrons. The zero-order valence-corrected chi connectivity index (χ0v) is 14.7. The number of rotatable bonds is 5. The molecule has 6 nitrogen and oxygen atoms in total. The fourth-order valence-corrected chi connectivity index (χ4v) is 3.19. The van der Waals surface area contributed by atoms with Crippen LogP contribution < -0.4 is 14.4 Å². The minimum atomic E-state index is 0.696. The molecule has 1 saturated heterocycles. The smallest absolute Gasteiger partial charge is 0.183 e. The van der Waals surface area contributed by atoms with Gasteiger partial charge in [0, 0.05) is 57.4 Å². The molecule has 1 fully saturated rings. The van der Waals surface area contributed by atoms with Crippen LogP contribution in [0.3, 0.4) is 0 Å². The van der Waals surface area contributed by atoms with Crippen LogP contribution >= 0.6 is 11.6 Å². The van der Waals surface area contributed by atoms with Gasteiger partial charge in [-0.1, -0.05) is 11.6 Å². The molecule has 7 heteroatoms. The van der Waals surface area contributed by atoms with Crippen LogP contribution in [0.1, 0.15) is 5.69 Å². The zero-order valence-electron chi connectivity index (χ0n) is 13.9. The van der Waals surface area contributed by atoms with Gasteiger partial charge >= 0.3 is 0 Å². The van der Waals surface area contributed by atoms with E-state index in [1.807, 2.05) is 12.1 Å². The molecular weight excluding hydrogens is 328 g/mol. The molecule has 24 heavy (non-hydrogen) atoms. The van der Waals surface area contributed by atoms with Crippen molar-refractivity contribution in [3.8, 4) is 11.5 Å². The van der Waals surface area contributed by atoms with Crippen LogP contribution in [0.25, 0.3) is 0 Å². The molecule has 0 aromatic carbocycles. The van der Waals surface area contributed by atoms with Gasteiger partial charge in [0.2, 0.25) is 0 Å². The summed E-state index contributed by atoms with van der Waals surface area (Å²) in [7, 11) is 3.28. The average molecular weight is 349 g/mol. The van der Waals surface area contributed by atoms with Crippen LogP contribution in [0.4, 0.5) is 5.69 Å². The largest absolute Gasteiger partial charge is 0.493 e. The van der Waals surface area contributed by atoms with Crippen molar-refractivity contribution in [2.75, 3.05) is 45.3 Å². The molecule has 1 aliphatic heterocycles. The fourth-order valence-electron chi connectivity index (χ4n) is 2.95. The molecule has 0 bridgehead atoms. The Hall–Kier alpha value is -2.05. The van der Waals surface area contributed by atoms with Crippen LogP contribution in [-0.2, 0) is 6.54 Å². The number of halogens is 1. The maximum atomic E-state index is 6.24. The molecule has 0 atom stereocenters. The summed E-state index contributed by atoms with van der Waals surface area (Å²) in [5.41, 5.74) is 1.94. The third-order valence-corrected chi connectivity index (χ3v) is 4.49. The maximum absolute atomic E-state index is 6.24. The van der Waals surface area contributed by atoms with E-state index >= 15 is 0 Å². The van der Waals surface area contributed by atoms with Crippen molar-refractivity contribution in [3.63, 3.8) is 0 Å². The van der Waals surface area contributed by atoms with Crippen molar-refractivity contribution >= 4 is 17.3 Å². The van der Waals surface area contributed by atoms with Crippen LogP contribution in [0, 0.1) is 0 Å². The summed E-state index contributed by atoms with van der Waals surface area (Å²) in [5.74, 6) is 1.42. The lowest BCUT2D eigenvalue weighted by atomic mass is 10.2. The van der Waals surface area contributed by atoms with E-state index in [-0.39, 0.29) is 0 Å². The maximum Gasteiger partial charge on any atom is 0.183 e. The fraction of sp³-hybridized carbons (Fsp3) is 0.412. The quantitative estimate of drug-likeness (QED) is 0.827. The second-order valence-electron chi connectivity index (χ2n) is 5.58. The molecule has 0 unspecified atom stereocenters. The van der Waals surface area contributed by atoms with Gasteiger partial charge in [0.1, 0.15) is 5.69 Å². The summed E-state index contributed by atoms with van der Waals surface area (Å²) < 4.78 is 10.8. The summed E-state index contributed by atoms with van der Waals surface area (Å²) in [4.78, 5) is 13.1. The molecule has 0 aliphatic carbocycles. The van der Waals surface area contributed by atoms with Crippen LogP contribution in [0.15, 0.2) is 30.7 Å². The van der Waals surface area contributed by atoms with Gasteiger partial charge in [-0.05, 0) is 6.07 Å². The molecule has 0 spiro atoms. The Morgan fingerprint density at radius 3 is 2.54 bits per heavy atom. The number of hydrogen-bond donors (Lipinski definition) is 0. The van der Waals surface area contributed by atoms with E-state index in [4.69, 9.17) is 21.1 Å². The van der Waals surface area contributed by atoms with Gasteiger partial charge in [-0.3, -0.25) is 14.9 Å².